The van der Waals surface area contributed by atoms with Crippen LogP contribution >= 0.6 is 11.6 Å². The number of nitrogens with zero attached hydrogens (tertiary/aromatic N) is 2. The Kier molecular flexibility index (Phi) is 5.04. The van der Waals surface area contributed by atoms with Crippen LogP contribution in [0.1, 0.15) is 16.1 Å². The van der Waals surface area contributed by atoms with Crippen LogP contribution in [0.25, 0.3) is 0 Å². The van der Waals surface area contributed by atoms with Crippen molar-refractivity contribution in [2.45, 2.75) is 6.92 Å². The van der Waals surface area contributed by atoms with E-state index >= 15 is 0 Å². The minimum Gasteiger partial charge on any atom is -0.455 e. The lowest BCUT2D eigenvalue weighted by Gasteiger charge is -2.13. The number of ether oxygens (including phenoxy) is 1. The smallest absolute Gasteiger partial charge is 0.276 e. The predicted octanol–water partition coefficient (Wildman–Crippen LogP) is 3.79. The van der Waals surface area contributed by atoms with Crippen LogP contribution in [0.15, 0.2) is 59.4 Å². The molecule has 1 aromatic heterocycles. The lowest BCUT2D eigenvalue weighted by molar-refractivity contribution is 0.101. The van der Waals surface area contributed by atoms with Gasteiger partial charge in [0.2, 0.25) is 0 Å². The zero-order valence-corrected chi connectivity index (χ0v) is 14.9. The number of carbonyl (C=O) groups is 1. The van der Waals surface area contributed by atoms with Gasteiger partial charge in [-0.15, -0.1) is 0 Å². The fourth-order valence-corrected chi connectivity index (χ4v) is 2.40. The first-order valence-electron chi connectivity index (χ1n) is 7.82. The van der Waals surface area contributed by atoms with Crippen molar-refractivity contribution in [2.24, 2.45) is 7.05 Å². The molecule has 0 saturated heterocycles. The van der Waals surface area contributed by atoms with E-state index in [2.05, 4.69) is 10.4 Å². The molecule has 0 atom stereocenters. The molecule has 1 heterocycles. The molecule has 0 radical (unpaired) electrons. The number of hydrogen-bond donors (Lipinski definition) is 1. The summed E-state index contributed by atoms with van der Waals surface area (Å²) in [5, 5.41) is 7.10. The number of rotatable bonds is 4. The van der Waals surface area contributed by atoms with E-state index in [9.17, 15) is 9.59 Å². The maximum atomic E-state index is 12.5. The van der Waals surface area contributed by atoms with E-state index in [-0.39, 0.29) is 11.3 Å². The first kappa shape index (κ1) is 17.7. The Balaban J connectivity index is 1.87. The van der Waals surface area contributed by atoms with Gasteiger partial charge < -0.3 is 10.1 Å². The van der Waals surface area contributed by atoms with Gasteiger partial charge in [0.15, 0.2) is 5.75 Å². The molecule has 0 fully saturated rings. The Hall–Kier alpha value is -3.12. The SMILES string of the molecule is Cc1ccc(Oc2ccc(Cl)cc2NC(=O)c2ccc(=O)n(C)n2)cc1. The van der Waals surface area contributed by atoms with Gasteiger partial charge in [-0.3, -0.25) is 9.59 Å². The van der Waals surface area contributed by atoms with Crippen LogP contribution in [0.5, 0.6) is 11.5 Å². The average molecular weight is 370 g/mol. The second-order valence-electron chi connectivity index (χ2n) is 5.69. The van der Waals surface area contributed by atoms with Crippen molar-refractivity contribution < 1.29 is 9.53 Å². The number of aromatic nitrogens is 2. The monoisotopic (exact) mass is 369 g/mol. The summed E-state index contributed by atoms with van der Waals surface area (Å²) in [6, 6.07) is 15.1. The third-order valence-corrected chi connectivity index (χ3v) is 3.87. The lowest BCUT2D eigenvalue weighted by atomic mass is 10.2. The maximum absolute atomic E-state index is 12.5. The summed E-state index contributed by atoms with van der Waals surface area (Å²) in [4.78, 5) is 23.9. The number of halogens is 1. The molecule has 0 unspecified atom stereocenters. The number of hydrogen-bond acceptors (Lipinski definition) is 4. The van der Waals surface area contributed by atoms with Crippen LogP contribution < -0.4 is 15.6 Å². The molecule has 0 aliphatic carbocycles. The molecule has 26 heavy (non-hydrogen) atoms. The molecule has 1 amide bonds. The molecule has 3 rings (SSSR count). The number of carbonyl (C=O) groups excluding carboxylic acids is 1. The van der Waals surface area contributed by atoms with Crippen LogP contribution in [-0.4, -0.2) is 15.7 Å². The van der Waals surface area contributed by atoms with Gasteiger partial charge in [-0.25, -0.2) is 4.68 Å². The molecule has 0 saturated carbocycles. The van der Waals surface area contributed by atoms with Crippen LogP contribution in [0.3, 0.4) is 0 Å². The second-order valence-corrected chi connectivity index (χ2v) is 6.13. The number of aryl methyl sites for hydroxylation is 2. The number of nitrogens with one attached hydrogen (secondary N) is 1. The van der Waals surface area contributed by atoms with Crippen LogP contribution in [0, 0.1) is 6.92 Å². The molecule has 0 aliphatic heterocycles. The highest BCUT2D eigenvalue weighted by Gasteiger charge is 2.13. The largest absolute Gasteiger partial charge is 0.455 e. The molecule has 2 aromatic carbocycles. The highest BCUT2D eigenvalue weighted by atomic mass is 35.5. The van der Waals surface area contributed by atoms with Gasteiger partial charge in [0, 0.05) is 18.1 Å². The summed E-state index contributed by atoms with van der Waals surface area (Å²) < 4.78 is 6.94. The molecule has 0 aliphatic rings. The minimum absolute atomic E-state index is 0.105. The summed E-state index contributed by atoms with van der Waals surface area (Å²) >= 11 is 6.05. The van der Waals surface area contributed by atoms with E-state index in [0.717, 1.165) is 10.2 Å². The van der Waals surface area contributed by atoms with E-state index in [0.29, 0.717) is 22.2 Å². The normalized spacial score (nSPS) is 10.4. The van der Waals surface area contributed by atoms with Gasteiger partial charge in [0.1, 0.15) is 11.4 Å². The van der Waals surface area contributed by atoms with E-state index in [1.54, 1.807) is 18.2 Å². The van der Waals surface area contributed by atoms with E-state index in [1.807, 2.05) is 31.2 Å². The molecule has 1 N–H and O–H groups in total. The van der Waals surface area contributed by atoms with Gasteiger partial charge in [0.25, 0.3) is 11.5 Å². The first-order chi connectivity index (χ1) is 12.4. The summed E-state index contributed by atoms with van der Waals surface area (Å²) in [6.45, 7) is 1.98. The summed E-state index contributed by atoms with van der Waals surface area (Å²) in [5.41, 5.74) is 1.32. The Morgan fingerprint density at radius 3 is 2.54 bits per heavy atom. The summed E-state index contributed by atoms with van der Waals surface area (Å²) in [7, 11) is 1.48. The van der Waals surface area contributed by atoms with Gasteiger partial charge in [-0.05, 0) is 43.3 Å². The molecule has 7 heteroatoms. The van der Waals surface area contributed by atoms with Crippen molar-refractivity contribution in [1.29, 1.82) is 0 Å². The third kappa shape index (κ3) is 4.10. The van der Waals surface area contributed by atoms with Gasteiger partial charge >= 0.3 is 0 Å². The van der Waals surface area contributed by atoms with Crippen LogP contribution in [0.2, 0.25) is 5.02 Å². The Morgan fingerprint density at radius 1 is 1.12 bits per heavy atom. The molecule has 0 spiro atoms. The fourth-order valence-electron chi connectivity index (χ4n) is 2.23. The molecule has 132 valence electrons. The molecular formula is C19H16ClN3O3. The van der Waals surface area contributed by atoms with E-state index < -0.39 is 5.91 Å². The first-order valence-corrected chi connectivity index (χ1v) is 8.20. The Labute approximate surface area is 155 Å². The summed E-state index contributed by atoms with van der Waals surface area (Å²) in [6.07, 6.45) is 0. The van der Waals surface area contributed by atoms with E-state index in [1.165, 1.54) is 19.2 Å². The minimum atomic E-state index is -0.475. The Morgan fingerprint density at radius 2 is 1.85 bits per heavy atom. The molecule has 0 bridgehead atoms. The third-order valence-electron chi connectivity index (χ3n) is 3.63. The molecule has 6 nitrogen and oxygen atoms in total. The van der Waals surface area contributed by atoms with Crippen molar-refractivity contribution in [1.82, 2.24) is 9.78 Å². The maximum Gasteiger partial charge on any atom is 0.276 e. The van der Waals surface area contributed by atoms with Crippen molar-refractivity contribution in [3.05, 3.63) is 81.2 Å². The highest BCUT2D eigenvalue weighted by Crippen LogP contribution is 2.32. The zero-order valence-electron chi connectivity index (χ0n) is 14.2. The summed E-state index contributed by atoms with van der Waals surface area (Å²) in [5.74, 6) is 0.599. The highest BCUT2D eigenvalue weighted by molar-refractivity contribution is 6.31. The fraction of sp³-hybridized carbons (Fsp3) is 0.105. The van der Waals surface area contributed by atoms with Crippen molar-refractivity contribution >= 4 is 23.2 Å². The van der Waals surface area contributed by atoms with Crippen LogP contribution in [0.4, 0.5) is 5.69 Å². The van der Waals surface area contributed by atoms with Crippen LogP contribution in [-0.2, 0) is 7.05 Å². The lowest BCUT2D eigenvalue weighted by Crippen LogP contribution is -2.23. The molecular weight excluding hydrogens is 354 g/mol. The average Bonchev–Trinajstić information content (AvgIpc) is 2.61. The molecule has 3 aromatic rings. The van der Waals surface area contributed by atoms with Gasteiger partial charge in [-0.1, -0.05) is 29.3 Å². The quantitative estimate of drug-likeness (QED) is 0.759. The van der Waals surface area contributed by atoms with Crippen molar-refractivity contribution in [3.63, 3.8) is 0 Å². The Bertz CT molecular complexity index is 1010. The number of benzene rings is 2. The van der Waals surface area contributed by atoms with Crippen molar-refractivity contribution in [3.8, 4) is 11.5 Å². The number of amides is 1. The number of anilines is 1. The van der Waals surface area contributed by atoms with Crippen molar-refractivity contribution in [2.75, 3.05) is 5.32 Å². The van der Waals surface area contributed by atoms with Gasteiger partial charge in [-0.2, -0.15) is 5.10 Å². The second kappa shape index (κ2) is 7.41. The standard InChI is InChI=1S/C19H16ClN3O3/c1-12-3-6-14(7-4-12)26-17-9-5-13(20)11-16(17)21-19(25)15-8-10-18(24)23(2)22-15/h3-11H,1-2H3,(H,21,25). The van der Waals surface area contributed by atoms with E-state index in [4.69, 9.17) is 16.3 Å². The topological polar surface area (TPSA) is 73.2 Å². The predicted molar refractivity (Wildman–Crippen MR) is 100 cm³/mol. The zero-order chi connectivity index (χ0) is 18.7. The van der Waals surface area contributed by atoms with Gasteiger partial charge in [0.05, 0.1) is 5.69 Å².